The minimum Gasteiger partial charge on any atom is -0.481 e. The van der Waals surface area contributed by atoms with E-state index >= 15 is 0 Å². The van der Waals surface area contributed by atoms with Crippen LogP contribution in [-0.4, -0.2) is 40.8 Å². The minimum atomic E-state index is -0.732. The number of piperidine rings is 1. The molecule has 1 unspecified atom stereocenters. The fraction of sp³-hybridized carbons (Fsp3) is 0.867. The van der Waals surface area contributed by atoms with Crippen LogP contribution in [0.2, 0.25) is 0 Å². The zero-order valence-corrected chi connectivity index (χ0v) is 12.9. The highest BCUT2D eigenvalue weighted by molar-refractivity contribution is 5.68. The van der Waals surface area contributed by atoms with E-state index in [0.29, 0.717) is 5.92 Å². The molecule has 1 aliphatic heterocycles. The van der Waals surface area contributed by atoms with Crippen molar-refractivity contribution in [1.29, 1.82) is 0 Å². The lowest BCUT2D eigenvalue weighted by Crippen LogP contribution is -2.42. The van der Waals surface area contributed by atoms with Gasteiger partial charge in [-0.2, -0.15) is 0 Å². The lowest BCUT2D eigenvalue weighted by atomic mass is 9.92. The van der Waals surface area contributed by atoms with Gasteiger partial charge in [-0.3, -0.25) is 4.79 Å². The Morgan fingerprint density at radius 2 is 2.00 bits per heavy atom. The minimum absolute atomic E-state index is 0.229. The van der Waals surface area contributed by atoms with Crippen LogP contribution >= 0.6 is 0 Å². The number of rotatable bonds is 5. The lowest BCUT2D eigenvalue weighted by Gasteiger charge is -2.34. The van der Waals surface area contributed by atoms with Gasteiger partial charge in [0.1, 0.15) is 5.60 Å². The second-order valence-electron chi connectivity index (χ2n) is 6.57. The number of carbonyl (C=O) groups is 2. The van der Waals surface area contributed by atoms with Crippen molar-refractivity contribution in [2.75, 3.05) is 13.1 Å². The number of carboxylic acid groups (broad SMARTS) is 1. The monoisotopic (exact) mass is 285 g/mol. The van der Waals surface area contributed by atoms with Crippen LogP contribution in [0.3, 0.4) is 0 Å². The Labute approximate surface area is 121 Å². The van der Waals surface area contributed by atoms with Crippen molar-refractivity contribution in [1.82, 2.24) is 4.90 Å². The Bertz CT molecular complexity index is 335. The molecule has 20 heavy (non-hydrogen) atoms. The maximum atomic E-state index is 12.0. The maximum Gasteiger partial charge on any atom is 0.410 e. The number of aliphatic carboxylic acids is 1. The largest absolute Gasteiger partial charge is 0.481 e. The molecule has 0 aromatic rings. The number of ether oxygens (including phenoxy) is 1. The first-order valence-corrected chi connectivity index (χ1v) is 7.47. The molecule has 1 rings (SSSR count). The van der Waals surface area contributed by atoms with Gasteiger partial charge >= 0.3 is 12.1 Å². The predicted octanol–water partition coefficient (Wildman–Crippen LogP) is 3.28. The van der Waals surface area contributed by atoms with Crippen LogP contribution in [-0.2, 0) is 9.53 Å². The van der Waals surface area contributed by atoms with Gasteiger partial charge in [-0.15, -0.1) is 0 Å². The molecule has 116 valence electrons. The summed E-state index contributed by atoms with van der Waals surface area (Å²) >= 11 is 0. The van der Waals surface area contributed by atoms with E-state index in [1.54, 1.807) is 4.90 Å². The van der Waals surface area contributed by atoms with Crippen LogP contribution in [0, 0.1) is 5.92 Å². The third-order valence-electron chi connectivity index (χ3n) is 3.42. The Kier molecular flexibility index (Phi) is 6.30. The summed E-state index contributed by atoms with van der Waals surface area (Å²) in [6.07, 6.45) is 4.76. The van der Waals surface area contributed by atoms with E-state index in [-0.39, 0.29) is 12.5 Å². The average Bonchev–Trinajstić information content (AvgIpc) is 2.33. The molecule has 5 heteroatoms. The number of carbonyl (C=O) groups excluding carboxylic acids is 1. The van der Waals surface area contributed by atoms with Crippen molar-refractivity contribution in [2.45, 2.75) is 64.9 Å². The van der Waals surface area contributed by atoms with E-state index in [2.05, 4.69) is 0 Å². The number of unbranched alkanes of at least 4 members (excludes halogenated alkanes) is 1. The molecule has 1 aliphatic rings. The molecule has 0 aromatic heterocycles. The third kappa shape index (κ3) is 6.78. The first-order valence-electron chi connectivity index (χ1n) is 7.47. The van der Waals surface area contributed by atoms with Gasteiger partial charge in [0.15, 0.2) is 0 Å². The molecule has 5 nitrogen and oxygen atoms in total. The van der Waals surface area contributed by atoms with Crippen molar-refractivity contribution < 1.29 is 19.4 Å². The standard InChI is InChI=1S/C15H27NO4/c1-15(2,3)20-14(19)16-10-6-8-12(11-16)7-4-5-9-13(17)18/h12H,4-11H2,1-3H3,(H,17,18). The van der Waals surface area contributed by atoms with Crippen LogP contribution < -0.4 is 0 Å². The van der Waals surface area contributed by atoms with Crippen molar-refractivity contribution in [3.8, 4) is 0 Å². The Morgan fingerprint density at radius 3 is 2.60 bits per heavy atom. The highest BCUT2D eigenvalue weighted by Crippen LogP contribution is 2.23. The Morgan fingerprint density at radius 1 is 1.30 bits per heavy atom. The summed E-state index contributed by atoms with van der Waals surface area (Å²) < 4.78 is 5.39. The smallest absolute Gasteiger partial charge is 0.410 e. The summed E-state index contributed by atoms with van der Waals surface area (Å²) in [7, 11) is 0. The molecule has 0 aromatic carbocycles. The third-order valence-corrected chi connectivity index (χ3v) is 3.42. The zero-order valence-electron chi connectivity index (χ0n) is 12.9. The number of hydrogen-bond donors (Lipinski definition) is 1. The van der Waals surface area contributed by atoms with Crippen molar-refractivity contribution in [3.05, 3.63) is 0 Å². The van der Waals surface area contributed by atoms with Gasteiger partial charge in [0, 0.05) is 19.5 Å². The first kappa shape index (κ1) is 16.8. The lowest BCUT2D eigenvalue weighted by molar-refractivity contribution is -0.137. The average molecular weight is 285 g/mol. The van der Waals surface area contributed by atoms with E-state index in [4.69, 9.17) is 9.84 Å². The predicted molar refractivity (Wildman–Crippen MR) is 76.6 cm³/mol. The highest BCUT2D eigenvalue weighted by Gasteiger charge is 2.27. The highest BCUT2D eigenvalue weighted by atomic mass is 16.6. The molecule has 1 N–H and O–H groups in total. The molecule has 0 radical (unpaired) electrons. The summed E-state index contributed by atoms with van der Waals surface area (Å²) in [6.45, 7) is 7.12. The quantitative estimate of drug-likeness (QED) is 0.787. The van der Waals surface area contributed by atoms with Crippen LogP contribution in [0.4, 0.5) is 4.79 Å². The first-order chi connectivity index (χ1) is 9.28. The molecule has 1 saturated heterocycles. The number of carboxylic acids is 1. The van der Waals surface area contributed by atoms with E-state index in [1.807, 2.05) is 20.8 Å². The van der Waals surface area contributed by atoms with E-state index < -0.39 is 11.6 Å². The molecule has 0 bridgehead atoms. The Hall–Kier alpha value is -1.26. The summed E-state index contributed by atoms with van der Waals surface area (Å²) in [4.78, 5) is 24.2. The summed E-state index contributed by atoms with van der Waals surface area (Å²) in [5.41, 5.74) is -0.453. The number of nitrogens with zero attached hydrogens (tertiary/aromatic N) is 1. The molecule has 1 heterocycles. The van der Waals surface area contributed by atoms with Gasteiger partial charge in [-0.25, -0.2) is 4.79 Å². The van der Waals surface area contributed by atoms with Crippen molar-refractivity contribution in [3.63, 3.8) is 0 Å². The molecule has 0 aliphatic carbocycles. The van der Waals surface area contributed by atoms with Gasteiger partial charge in [0.2, 0.25) is 0 Å². The van der Waals surface area contributed by atoms with E-state index in [0.717, 1.165) is 45.2 Å². The van der Waals surface area contributed by atoms with Crippen LogP contribution in [0.5, 0.6) is 0 Å². The van der Waals surface area contributed by atoms with Crippen LogP contribution in [0.15, 0.2) is 0 Å². The molecule has 1 atom stereocenters. The normalized spacial score (nSPS) is 19.8. The second kappa shape index (κ2) is 7.50. The van der Waals surface area contributed by atoms with Crippen LogP contribution in [0.1, 0.15) is 59.3 Å². The summed E-state index contributed by atoms with van der Waals surface area (Å²) in [5, 5.41) is 8.60. The molecule has 1 fully saturated rings. The number of likely N-dealkylation sites (tertiary alicyclic amines) is 1. The van der Waals surface area contributed by atoms with Crippen molar-refractivity contribution in [2.24, 2.45) is 5.92 Å². The second-order valence-corrected chi connectivity index (χ2v) is 6.57. The molecule has 1 amide bonds. The number of hydrogen-bond acceptors (Lipinski definition) is 3. The van der Waals surface area contributed by atoms with Gasteiger partial charge < -0.3 is 14.7 Å². The SMILES string of the molecule is CC(C)(C)OC(=O)N1CCCC(CCCCC(=O)O)C1. The van der Waals surface area contributed by atoms with E-state index in [1.165, 1.54) is 0 Å². The van der Waals surface area contributed by atoms with E-state index in [9.17, 15) is 9.59 Å². The molecule has 0 spiro atoms. The molecular weight excluding hydrogens is 258 g/mol. The topological polar surface area (TPSA) is 66.8 Å². The Balaban J connectivity index is 2.31. The fourth-order valence-corrected chi connectivity index (χ4v) is 2.50. The van der Waals surface area contributed by atoms with Gasteiger partial charge in [0.25, 0.3) is 0 Å². The fourth-order valence-electron chi connectivity index (χ4n) is 2.50. The molecular formula is C15H27NO4. The maximum absolute atomic E-state index is 12.0. The summed E-state index contributed by atoms with van der Waals surface area (Å²) in [6, 6.07) is 0. The van der Waals surface area contributed by atoms with Crippen molar-refractivity contribution >= 4 is 12.1 Å². The van der Waals surface area contributed by atoms with Crippen LogP contribution in [0.25, 0.3) is 0 Å². The van der Waals surface area contributed by atoms with Gasteiger partial charge in [-0.05, 0) is 52.4 Å². The van der Waals surface area contributed by atoms with Gasteiger partial charge in [0.05, 0.1) is 0 Å². The molecule has 0 saturated carbocycles. The zero-order chi connectivity index (χ0) is 15.2. The van der Waals surface area contributed by atoms with Gasteiger partial charge in [-0.1, -0.05) is 6.42 Å². The number of amides is 1. The summed E-state index contributed by atoms with van der Waals surface area (Å²) in [5.74, 6) is -0.255.